The first kappa shape index (κ1) is 46.0. The van der Waals surface area contributed by atoms with Crippen molar-refractivity contribution in [1.82, 2.24) is 0 Å². The van der Waals surface area contributed by atoms with Gasteiger partial charge in [-0.2, -0.15) is 16.8 Å². The van der Waals surface area contributed by atoms with Crippen molar-refractivity contribution >= 4 is 49.3 Å². The van der Waals surface area contributed by atoms with Crippen molar-refractivity contribution < 1.29 is 50.5 Å². The standard InChI is InChI=1S/C45H54N2O11S2/c1-44(2)35-29-33(59(53,54)55)23-25-37(35)46(27-13-5-7-19-41(48)49)39(44)17-11-9-15-31-21-22-32(43(31)52)16-10-12-18-40-45(3,4)36-30-34(60(56,57)58)24-26-38(36)47(40)28-14-6-8-20-42(50)51/h9-12,15-18,23-26,29-30H,5-8,13-14,19-22,27-28H2,1-4H3,(H,48,49)(H,50,51)(H,53,54,55)(H,56,57,58)/b11-9+,12-10+,31-15+,32-16+,39-17+,40-18+. The van der Waals surface area contributed by atoms with E-state index in [4.69, 9.17) is 10.2 Å². The van der Waals surface area contributed by atoms with E-state index >= 15 is 0 Å². The molecular weight excluding hydrogens is 809 g/mol. The zero-order chi connectivity index (χ0) is 44.0. The molecule has 0 saturated heterocycles. The molecule has 322 valence electrons. The molecule has 1 aliphatic carbocycles. The number of unbranched alkanes of at least 4 members (excludes halogenated alkanes) is 4. The van der Waals surface area contributed by atoms with Gasteiger partial charge in [-0.3, -0.25) is 23.5 Å². The van der Waals surface area contributed by atoms with Gasteiger partial charge in [0.25, 0.3) is 20.2 Å². The van der Waals surface area contributed by atoms with Gasteiger partial charge in [0.05, 0.1) is 9.79 Å². The molecule has 0 aromatic heterocycles. The van der Waals surface area contributed by atoms with Gasteiger partial charge in [0.15, 0.2) is 5.78 Å². The Balaban J connectivity index is 1.32. The molecule has 13 nitrogen and oxygen atoms in total. The van der Waals surface area contributed by atoms with Gasteiger partial charge in [-0.05, 0) is 98.2 Å². The third-order valence-electron chi connectivity index (χ3n) is 11.4. The van der Waals surface area contributed by atoms with Crippen LogP contribution in [0.2, 0.25) is 0 Å². The monoisotopic (exact) mass is 862 g/mol. The SMILES string of the molecule is CC1(C)\C(=C/C=C/C=C2\CC\C(=C/C=C/C=C3/N(CCCCCC(=O)O)c4ccc(S(=O)(=O)O)cc4C3(C)C)C2=O)N(CCCCCC(=O)O)c2ccc(S(=O)(=O)O)cc21. The highest BCUT2D eigenvalue weighted by Gasteiger charge is 2.41. The summed E-state index contributed by atoms with van der Waals surface area (Å²) in [7, 11) is -8.84. The number of carbonyl (C=O) groups excluding carboxylic acids is 1. The Hall–Kier alpha value is -5.09. The van der Waals surface area contributed by atoms with Crippen molar-refractivity contribution in [3.05, 3.63) is 119 Å². The number of carboxylic acid groups (broad SMARTS) is 2. The first-order valence-electron chi connectivity index (χ1n) is 20.1. The lowest BCUT2D eigenvalue weighted by atomic mass is 9.83. The predicted molar refractivity (Wildman–Crippen MR) is 230 cm³/mol. The van der Waals surface area contributed by atoms with Crippen molar-refractivity contribution in [2.75, 3.05) is 22.9 Å². The molecule has 5 rings (SSSR count). The highest BCUT2D eigenvalue weighted by Crippen LogP contribution is 2.50. The Morgan fingerprint density at radius 1 is 0.600 bits per heavy atom. The van der Waals surface area contributed by atoms with Crippen LogP contribution in [0.25, 0.3) is 0 Å². The average Bonchev–Trinajstić information content (AvgIpc) is 3.69. The summed E-state index contributed by atoms with van der Waals surface area (Å²) in [6.07, 6.45) is 19.9. The van der Waals surface area contributed by atoms with E-state index in [0.717, 1.165) is 33.9 Å². The highest BCUT2D eigenvalue weighted by molar-refractivity contribution is 7.86. The summed E-state index contributed by atoms with van der Waals surface area (Å²) in [5, 5.41) is 18.1. The number of carbonyl (C=O) groups is 3. The molecule has 15 heteroatoms. The van der Waals surface area contributed by atoms with Crippen LogP contribution in [0.5, 0.6) is 0 Å². The number of nitrogens with zero attached hydrogens (tertiary/aromatic N) is 2. The van der Waals surface area contributed by atoms with Crippen LogP contribution in [0.4, 0.5) is 11.4 Å². The third-order valence-corrected chi connectivity index (χ3v) is 13.1. The molecule has 1 saturated carbocycles. The van der Waals surface area contributed by atoms with Crippen LogP contribution in [0.15, 0.2) is 117 Å². The number of benzene rings is 2. The number of aliphatic carboxylic acids is 2. The van der Waals surface area contributed by atoms with E-state index in [1.165, 1.54) is 24.3 Å². The Kier molecular flexibility index (Phi) is 14.3. The minimum Gasteiger partial charge on any atom is -0.481 e. The van der Waals surface area contributed by atoms with E-state index in [1.807, 2.05) is 52.0 Å². The number of allylic oxidation sites excluding steroid dienone is 12. The number of hydrogen-bond donors (Lipinski definition) is 4. The number of ketones is 1. The van der Waals surface area contributed by atoms with Crippen molar-refractivity contribution in [2.45, 2.75) is 113 Å². The average molecular weight is 863 g/mol. The largest absolute Gasteiger partial charge is 0.481 e. The van der Waals surface area contributed by atoms with Gasteiger partial charge < -0.3 is 20.0 Å². The molecule has 3 aliphatic rings. The number of Topliss-reactive ketones (excluding diaryl/α,β-unsaturated/α-hetero) is 1. The summed E-state index contributed by atoms with van der Waals surface area (Å²) >= 11 is 0. The van der Waals surface area contributed by atoms with Crippen LogP contribution in [0, 0.1) is 0 Å². The number of rotatable bonds is 18. The maximum Gasteiger partial charge on any atom is 0.303 e. The van der Waals surface area contributed by atoms with E-state index in [9.17, 15) is 40.3 Å². The van der Waals surface area contributed by atoms with Crippen LogP contribution in [0.3, 0.4) is 0 Å². The molecule has 0 amide bonds. The van der Waals surface area contributed by atoms with Crippen LogP contribution in [-0.4, -0.2) is 67.0 Å². The van der Waals surface area contributed by atoms with Crippen molar-refractivity contribution in [1.29, 1.82) is 0 Å². The zero-order valence-corrected chi connectivity index (χ0v) is 36.1. The van der Waals surface area contributed by atoms with Crippen LogP contribution in [0.1, 0.15) is 103 Å². The Morgan fingerprint density at radius 2 is 0.967 bits per heavy atom. The maximum atomic E-state index is 13.4. The van der Waals surface area contributed by atoms with E-state index < -0.39 is 43.0 Å². The molecule has 1 fully saturated rings. The summed E-state index contributed by atoms with van der Waals surface area (Å²) < 4.78 is 67.4. The molecule has 0 unspecified atom stereocenters. The maximum absolute atomic E-state index is 13.4. The van der Waals surface area contributed by atoms with Gasteiger partial charge in [0, 0.05) is 70.7 Å². The normalized spacial score (nSPS) is 20.1. The summed E-state index contributed by atoms with van der Waals surface area (Å²) in [6.45, 7) is 9.03. The molecule has 2 aromatic carbocycles. The Morgan fingerprint density at radius 3 is 1.32 bits per heavy atom. The fourth-order valence-corrected chi connectivity index (χ4v) is 9.23. The second-order valence-corrected chi connectivity index (χ2v) is 19.2. The van der Waals surface area contributed by atoms with Gasteiger partial charge in [-0.1, -0.05) is 77.0 Å². The zero-order valence-electron chi connectivity index (χ0n) is 34.4. The Bertz CT molecular complexity index is 2270. The fraction of sp³-hybridized carbons (Fsp3) is 0.400. The van der Waals surface area contributed by atoms with Gasteiger partial charge in [-0.25, -0.2) is 0 Å². The lowest BCUT2D eigenvalue weighted by Gasteiger charge is -2.27. The van der Waals surface area contributed by atoms with Crippen LogP contribution in [-0.2, 0) is 45.4 Å². The highest BCUT2D eigenvalue weighted by atomic mass is 32.2. The van der Waals surface area contributed by atoms with Crippen LogP contribution >= 0.6 is 0 Å². The number of hydrogen-bond acceptors (Lipinski definition) is 9. The molecular formula is C45H54N2O11S2. The van der Waals surface area contributed by atoms with Gasteiger partial charge in [0.1, 0.15) is 0 Å². The molecule has 0 atom stereocenters. The molecule has 2 heterocycles. The van der Waals surface area contributed by atoms with E-state index in [1.54, 1.807) is 36.4 Å². The van der Waals surface area contributed by atoms with Gasteiger partial charge in [-0.15, -0.1) is 0 Å². The molecule has 4 N–H and O–H groups in total. The quantitative estimate of drug-likeness (QED) is 0.0631. The lowest BCUT2D eigenvalue weighted by molar-refractivity contribution is -0.138. The third kappa shape index (κ3) is 10.6. The lowest BCUT2D eigenvalue weighted by Crippen LogP contribution is -2.27. The molecule has 0 spiro atoms. The molecule has 0 bridgehead atoms. The summed E-state index contributed by atoms with van der Waals surface area (Å²) in [6, 6.07) is 9.08. The number of fused-ring (bicyclic) bond motifs is 2. The molecule has 0 radical (unpaired) electrons. The summed E-state index contributed by atoms with van der Waals surface area (Å²) in [4.78, 5) is 39.2. The smallest absolute Gasteiger partial charge is 0.303 e. The van der Waals surface area contributed by atoms with Gasteiger partial charge in [0.2, 0.25) is 0 Å². The van der Waals surface area contributed by atoms with Crippen LogP contribution < -0.4 is 9.80 Å². The first-order chi connectivity index (χ1) is 28.1. The van der Waals surface area contributed by atoms with E-state index in [2.05, 4.69) is 9.80 Å². The summed E-state index contributed by atoms with van der Waals surface area (Å²) in [5.74, 6) is -1.75. The molecule has 60 heavy (non-hydrogen) atoms. The second-order valence-electron chi connectivity index (χ2n) is 16.4. The molecule has 2 aromatic rings. The van der Waals surface area contributed by atoms with E-state index in [-0.39, 0.29) is 28.4 Å². The predicted octanol–water partition coefficient (Wildman–Crippen LogP) is 8.46. The molecule has 2 aliphatic heterocycles. The Labute approximate surface area is 352 Å². The second kappa shape index (κ2) is 18.7. The first-order valence-corrected chi connectivity index (χ1v) is 23.0. The minimum absolute atomic E-state index is 0.0618. The number of carboxylic acids is 2. The summed E-state index contributed by atoms with van der Waals surface area (Å²) in [5.41, 5.74) is 4.90. The van der Waals surface area contributed by atoms with E-state index in [0.29, 0.717) is 75.6 Å². The van der Waals surface area contributed by atoms with Gasteiger partial charge >= 0.3 is 11.9 Å². The topological polar surface area (TPSA) is 207 Å². The minimum atomic E-state index is -4.42. The van der Waals surface area contributed by atoms with Crippen molar-refractivity contribution in [3.8, 4) is 0 Å². The number of anilines is 2. The van der Waals surface area contributed by atoms with Crippen molar-refractivity contribution in [2.24, 2.45) is 0 Å². The van der Waals surface area contributed by atoms with Crippen molar-refractivity contribution in [3.63, 3.8) is 0 Å². The fourth-order valence-electron chi connectivity index (χ4n) is 8.22.